The minimum Gasteiger partial charge on any atom is -0.321 e. The number of Topliss-reactive ketones (excluding diaryl/α,β-unsaturated/α-hetero) is 1. The molecule has 2 atom stereocenters. The van der Waals surface area contributed by atoms with Crippen molar-refractivity contribution in [2.24, 2.45) is 0 Å². The second-order valence-electron chi connectivity index (χ2n) is 8.62. The number of benzene rings is 4. The second-order valence-corrected chi connectivity index (χ2v) is 8.62. The lowest BCUT2D eigenvalue weighted by molar-refractivity contribution is -0.137. The summed E-state index contributed by atoms with van der Waals surface area (Å²) in [6, 6.07) is 37.8. The Hall–Kier alpha value is -4.18. The second kappa shape index (κ2) is 7.17. The van der Waals surface area contributed by atoms with Crippen molar-refractivity contribution in [1.82, 2.24) is 5.32 Å². The molecule has 4 aromatic rings. The van der Waals surface area contributed by atoms with Gasteiger partial charge in [0.1, 0.15) is 5.41 Å². The molecule has 6 rings (SSSR count). The van der Waals surface area contributed by atoms with Crippen LogP contribution in [0.25, 0.3) is 0 Å². The number of fused-ring (bicyclic) bond motifs is 3. The molecule has 0 spiro atoms. The van der Waals surface area contributed by atoms with Crippen LogP contribution in [0.1, 0.15) is 16.7 Å². The Morgan fingerprint density at radius 3 is 1.94 bits per heavy atom. The van der Waals surface area contributed by atoms with Gasteiger partial charge in [-0.25, -0.2) is 0 Å². The lowest BCUT2D eigenvalue weighted by Crippen LogP contribution is -2.59. The highest BCUT2D eigenvalue weighted by Crippen LogP contribution is 2.62. The van der Waals surface area contributed by atoms with Gasteiger partial charge in [0, 0.05) is 11.4 Å². The fourth-order valence-corrected chi connectivity index (χ4v) is 5.70. The monoisotopic (exact) mass is 430 g/mol. The summed E-state index contributed by atoms with van der Waals surface area (Å²) in [4.78, 5) is 29.4. The molecule has 4 aromatic carbocycles. The number of nitrogens with zero attached hydrogens (tertiary/aromatic N) is 1. The predicted molar refractivity (Wildman–Crippen MR) is 128 cm³/mol. The van der Waals surface area contributed by atoms with Crippen molar-refractivity contribution in [2.45, 2.75) is 17.5 Å². The molecule has 0 aliphatic carbocycles. The molecular formula is C29H22N2O2. The molecule has 1 saturated heterocycles. The van der Waals surface area contributed by atoms with Gasteiger partial charge in [0.25, 0.3) is 5.91 Å². The van der Waals surface area contributed by atoms with Gasteiger partial charge in [-0.15, -0.1) is 0 Å². The Morgan fingerprint density at radius 1 is 0.667 bits per heavy atom. The number of hydrogen-bond acceptors (Lipinski definition) is 3. The minimum atomic E-state index is -1.13. The first-order chi connectivity index (χ1) is 16.2. The number of anilines is 2. The Bertz CT molecular complexity index is 1350. The third kappa shape index (κ3) is 2.52. The summed E-state index contributed by atoms with van der Waals surface area (Å²) >= 11 is 0. The molecule has 4 nitrogen and oxygen atoms in total. The maximum Gasteiger partial charge on any atom is 0.290 e. The molecule has 2 aliphatic heterocycles. The van der Waals surface area contributed by atoms with E-state index in [1.165, 1.54) is 0 Å². The van der Waals surface area contributed by atoms with E-state index in [-0.39, 0.29) is 0 Å². The molecule has 1 amide bonds. The molecular weight excluding hydrogens is 408 g/mol. The quantitative estimate of drug-likeness (QED) is 0.470. The van der Waals surface area contributed by atoms with Gasteiger partial charge >= 0.3 is 0 Å². The van der Waals surface area contributed by atoms with Crippen molar-refractivity contribution in [3.05, 3.63) is 132 Å². The Balaban J connectivity index is 1.74. The van der Waals surface area contributed by atoms with Gasteiger partial charge in [-0.05, 0) is 41.3 Å². The van der Waals surface area contributed by atoms with E-state index in [2.05, 4.69) is 10.2 Å². The third-order valence-corrected chi connectivity index (χ3v) is 6.96. The molecule has 0 radical (unpaired) electrons. The number of para-hydroxylation sites is 2. The zero-order valence-electron chi connectivity index (χ0n) is 17.9. The van der Waals surface area contributed by atoms with E-state index in [9.17, 15) is 9.59 Å². The van der Waals surface area contributed by atoms with Gasteiger partial charge in [0.05, 0.1) is 0 Å². The van der Waals surface area contributed by atoms with Crippen molar-refractivity contribution in [2.75, 3.05) is 4.90 Å². The standard InChI is InChI=1S/C29H22N2O2/c32-26-27(33)30-29(22-14-6-2-7-15-22)28(26,20-21-12-4-1-5-13-21)24-18-10-11-19-25(24)31(29)23-16-8-3-9-17-23/h1-19H,20H2,(H,30,33)/t28-,29-/m1/s1. The average molecular weight is 431 g/mol. The van der Waals surface area contributed by atoms with Gasteiger partial charge in [-0.3, -0.25) is 9.59 Å². The summed E-state index contributed by atoms with van der Waals surface area (Å²) in [6.07, 6.45) is 0.403. The van der Waals surface area contributed by atoms with Crippen molar-refractivity contribution >= 4 is 23.1 Å². The Kier molecular flexibility index (Phi) is 4.24. The number of hydrogen-bond donors (Lipinski definition) is 1. The molecule has 2 heterocycles. The molecule has 0 aromatic heterocycles. The van der Waals surface area contributed by atoms with E-state index in [0.29, 0.717) is 6.42 Å². The van der Waals surface area contributed by atoms with Crippen LogP contribution in [0.4, 0.5) is 11.4 Å². The zero-order chi connectivity index (χ0) is 22.5. The van der Waals surface area contributed by atoms with Crippen LogP contribution in [0.3, 0.4) is 0 Å². The summed E-state index contributed by atoms with van der Waals surface area (Å²) in [5.74, 6) is -0.952. The first-order valence-electron chi connectivity index (χ1n) is 11.1. The molecule has 2 aliphatic rings. The van der Waals surface area contributed by atoms with Crippen LogP contribution in [-0.2, 0) is 27.1 Å². The van der Waals surface area contributed by atoms with E-state index < -0.39 is 22.8 Å². The molecule has 4 heteroatoms. The van der Waals surface area contributed by atoms with Crippen LogP contribution in [0, 0.1) is 0 Å². The van der Waals surface area contributed by atoms with Crippen LogP contribution >= 0.6 is 0 Å². The van der Waals surface area contributed by atoms with Crippen LogP contribution in [0.15, 0.2) is 115 Å². The van der Waals surface area contributed by atoms with E-state index in [0.717, 1.165) is 28.1 Å². The Labute approximate surface area is 192 Å². The largest absolute Gasteiger partial charge is 0.321 e. The van der Waals surface area contributed by atoms with Crippen molar-refractivity contribution in [1.29, 1.82) is 0 Å². The highest BCUT2D eigenvalue weighted by molar-refractivity contribution is 6.43. The summed E-state index contributed by atoms with van der Waals surface area (Å²) in [7, 11) is 0. The predicted octanol–water partition coefficient (Wildman–Crippen LogP) is 4.87. The maximum atomic E-state index is 14.0. The average Bonchev–Trinajstić information content (AvgIpc) is 3.24. The highest BCUT2D eigenvalue weighted by Gasteiger charge is 2.73. The smallest absolute Gasteiger partial charge is 0.290 e. The molecule has 0 bridgehead atoms. The van der Waals surface area contributed by atoms with E-state index in [1.807, 2.05) is 115 Å². The number of carbonyl (C=O) groups excluding carboxylic acids is 2. The number of amides is 1. The topological polar surface area (TPSA) is 49.4 Å². The Morgan fingerprint density at radius 2 is 1.24 bits per heavy atom. The summed E-state index contributed by atoms with van der Waals surface area (Å²) in [6.45, 7) is 0. The fourth-order valence-electron chi connectivity index (χ4n) is 5.70. The summed E-state index contributed by atoms with van der Waals surface area (Å²) in [5, 5.41) is 3.19. The number of rotatable bonds is 4. The number of carbonyl (C=O) groups is 2. The highest BCUT2D eigenvalue weighted by atomic mass is 16.2. The van der Waals surface area contributed by atoms with Gasteiger partial charge in [-0.1, -0.05) is 97.1 Å². The minimum absolute atomic E-state index is 0.402. The number of ketones is 1. The van der Waals surface area contributed by atoms with Crippen LogP contribution in [0.5, 0.6) is 0 Å². The normalized spacial score (nSPS) is 23.2. The lowest BCUT2D eigenvalue weighted by atomic mass is 9.65. The maximum absolute atomic E-state index is 14.0. The first kappa shape index (κ1) is 19.5. The first-order valence-corrected chi connectivity index (χ1v) is 11.1. The third-order valence-electron chi connectivity index (χ3n) is 6.96. The van der Waals surface area contributed by atoms with E-state index >= 15 is 0 Å². The molecule has 33 heavy (non-hydrogen) atoms. The number of nitrogens with one attached hydrogen (secondary N) is 1. The molecule has 0 saturated carbocycles. The van der Waals surface area contributed by atoms with Crippen molar-refractivity contribution in [3.63, 3.8) is 0 Å². The molecule has 0 unspecified atom stereocenters. The molecule has 1 N–H and O–H groups in total. The van der Waals surface area contributed by atoms with E-state index in [1.54, 1.807) is 0 Å². The zero-order valence-corrected chi connectivity index (χ0v) is 17.9. The summed E-state index contributed by atoms with van der Waals surface area (Å²) in [5.41, 5.74) is 2.37. The van der Waals surface area contributed by atoms with E-state index in [4.69, 9.17) is 0 Å². The fraction of sp³-hybridized carbons (Fsp3) is 0.103. The SMILES string of the molecule is O=C1N[C@]2(c3ccccc3)N(c3ccccc3)c3ccccc3[C@]2(Cc2ccccc2)C1=O. The molecule has 1 fully saturated rings. The van der Waals surface area contributed by atoms with Gasteiger partial charge in [-0.2, -0.15) is 0 Å². The van der Waals surface area contributed by atoms with Gasteiger partial charge in [0.15, 0.2) is 5.66 Å². The molecule has 160 valence electrons. The van der Waals surface area contributed by atoms with Crippen molar-refractivity contribution < 1.29 is 9.59 Å². The van der Waals surface area contributed by atoms with Crippen LogP contribution in [-0.4, -0.2) is 11.7 Å². The van der Waals surface area contributed by atoms with Crippen LogP contribution < -0.4 is 10.2 Å². The lowest BCUT2D eigenvalue weighted by Gasteiger charge is -2.45. The van der Waals surface area contributed by atoms with Crippen molar-refractivity contribution in [3.8, 4) is 0 Å². The van der Waals surface area contributed by atoms with Crippen LogP contribution in [0.2, 0.25) is 0 Å². The summed E-state index contributed by atoms with van der Waals surface area (Å²) < 4.78 is 0. The van der Waals surface area contributed by atoms with Gasteiger partial charge in [0.2, 0.25) is 5.78 Å². The van der Waals surface area contributed by atoms with Gasteiger partial charge < -0.3 is 10.2 Å².